The zero-order valence-corrected chi connectivity index (χ0v) is 15.3. The van der Waals surface area contributed by atoms with Crippen molar-refractivity contribution in [3.63, 3.8) is 0 Å². The number of carbonyl (C=O) groups is 1. The van der Waals surface area contributed by atoms with Crippen molar-refractivity contribution in [3.05, 3.63) is 0 Å². The van der Waals surface area contributed by atoms with Gasteiger partial charge in [0.25, 0.3) is 0 Å². The summed E-state index contributed by atoms with van der Waals surface area (Å²) < 4.78 is 10.6. The molecule has 3 fully saturated rings. The summed E-state index contributed by atoms with van der Waals surface area (Å²) in [5.41, 5.74) is 0. The average molecular weight is 338 g/mol. The van der Waals surface area contributed by atoms with Crippen molar-refractivity contribution in [2.75, 3.05) is 59.7 Å². The summed E-state index contributed by atoms with van der Waals surface area (Å²) in [6, 6.07) is 0. The van der Waals surface area contributed by atoms with Crippen LogP contribution in [0.1, 0.15) is 38.5 Å². The summed E-state index contributed by atoms with van der Waals surface area (Å²) in [6.45, 7) is 8.05. The summed E-state index contributed by atoms with van der Waals surface area (Å²) in [5, 5.41) is 0. The van der Waals surface area contributed by atoms with Crippen LogP contribution in [0.3, 0.4) is 0 Å². The minimum absolute atomic E-state index is 0.395. The normalized spacial score (nSPS) is 29.5. The lowest BCUT2D eigenvalue weighted by Crippen LogP contribution is -2.33. The van der Waals surface area contributed by atoms with Crippen LogP contribution in [0, 0.1) is 17.8 Å². The maximum absolute atomic E-state index is 12.6. The Morgan fingerprint density at radius 1 is 1.08 bits per heavy atom. The van der Waals surface area contributed by atoms with Crippen molar-refractivity contribution in [1.29, 1.82) is 0 Å². The van der Waals surface area contributed by atoms with E-state index in [4.69, 9.17) is 9.47 Å². The molecular formula is C19H34N2O3. The van der Waals surface area contributed by atoms with Gasteiger partial charge in [-0.2, -0.15) is 0 Å². The molecule has 3 aliphatic rings. The molecule has 3 heterocycles. The van der Waals surface area contributed by atoms with Gasteiger partial charge in [-0.05, 0) is 62.9 Å². The van der Waals surface area contributed by atoms with E-state index in [1.165, 1.54) is 25.9 Å². The second-order valence-electron chi connectivity index (χ2n) is 7.84. The molecule has 0 aromatic heterocycles. The molecule has 3 saturated heterocycles. The SMILES string of the molecule is COCCCN1CC[C@@H]2CN(C(=O)CC3CCOCC3)C[C@@H]2CC1. The number of hydrogen-bond donors (Lipinski definition) is 0. The van der Waals surface area contributed by atoms with E-state index in [1.807, 2.05) is 0 Å². The highest BCUT2D eigenvalue weighted by Gasteiger charge is 2.37. The van der Waals surface area contributed by atoms with E-state index in [0.29, 0.717) is 11.8 Å². The predicted molar refractivity (Wildman–Crippen MR) is 93.9 cm³/mol. The van der Waals surface area contributed by atoms with Crippen LogP contribution < -0.4 is 0 Å². The zero-order valence-electron chi connectivity index (χ0n) is 15.3. The number of likely N-dealkylation sites (tertiary alicyclic amines) is 2. The second-order valence-corrected chi connectivity index (χ2v) is 7.84. The number of fused-ring (bicyclic) bond motifs is 1. The standard InChI is InChI=1S/C19H34N2O3/c1-23-10-2-7-20-8-3-17-14-21(15-18(17)4-9-20)19(22)13-16-5-11-24-12-6-16/h16-18H,2-15H2,1H3/t17-,18+. The molecule has 3 aliphatic heterocycles. The van der Waals surface area contributed by atoms with Gasteiger partial charge in [0.1, 0.15) is 0 Å². The topological polar surface area (TPSA) is 42.0 Å². The largest absolute Gasteiger partial charge is 0.385 e. The third kappa shape index (κ3) is 4.93. The van der Waals surface area contributed by atoms with E-state index in [0.717, 1.165) is 77.0 Å². The number of ether oxygens (including phenoxy) is 2. The highest BCUT2D eigenvalue weighted by molar-refractivity contribution is 5.76. The molecule has 2 atom stereocenters. The Morgan fingerprint density at radius 3 is 2.38 bits per heavy atom. The van der Waals surface area contributed by atoms with Gasteiger partial charge in [-0.15, -0.1) is 0 Å². The molecule has 5 heteroatoms. The van der Waals surface area contributed by atoms with Crippen molar-refractivity contribution in [1.82, 2.24) is 9.80 Å². The molecule has 0 aromatic carbocycles. The summed E-state index contributed by atoms with van der Waals surface area (Å²) in [5.74, 6) is 2.38. The quantitative estimate of drug-likeness (QED) is 0.695. The van der Waals surface area contributed by atoms with Crippen LogP contribution in [0.2, 0.25) is 0 Å². The lowest BCUT2D eigenvalue weighted by Gasteiger charge is -2.25. The van der Waals surface area contributed by atoms with Gasteiger partial charge in [0.05, 0.1) is 0 Å². The van der Waals surface area contributed by atoms with Crippen LogP contribution in [-0.2, 0) is 14.3 Å². The van der Waals surface area contributed by atoms with Gasteiger partial charge < -0.3 is 19.3 Å². The van der Waals surface area contributed by atoms with Crippen LogP contribution in [0.15, 0.2) is 0 Å². The van der Waals surface area contributed by atoms with Crippen molar-refractivity contribution < 1.29 is 14.3 Å². The van der Waals surface area contributed by atoms with Crippen molar-refractivity contribution in [3.8, 4) is 0 Å². The highest BCUT2D eigenvalue weighted by atomic mass is 16.5. The number of amides is 1. The van der Waals surface area contributed by atoms with Crippen LogP contribution in [0.25, 0.3) is 0 Å². The Balaban J connectivity index is 1.42. The molecule has 0 saturated carbocycles. The fourth-order valence-corrected chi connectivity index (χ4v) is 4.59. The molecule has 0 unspecified atom stereocenters. The van der Waals surface area contributed by atoms with Crippen molar-refractivity contribution in [2.45, 2.75) is 38.5 Å². The Morgan fingerprint density at radius 2 is 1.75 bits per heavy atom. The molecule has 0 aromatic rings. The average Bonchev–Trinajstić information content (AvgIpc) is 2.92. The molecule has 0 aliphatic carbocycles. The van der Waals surface area contributed by atoms with E-state index in [1.54, 1.807) is 7.11 Å². The first kappa shape index (κ1) is 18.2. The molecule has 24 heavy (non-hydrogen) atoms. The number of nitrogens with zero attached hydrogens (tertiary/aromatic N) is 2. The minimum Gasteiger partial charge on any atom is -0.385 e. The van der Waals surface area contributed by atoms with Gasteiger partial charge in [-0.25, -0.2) is 0 Å². The third-order valence-electron chi connectivity index (χ3n) is 6.19. The van der Waals surface area contributed by atoms with Crippen LogP contribution in [0.4, 0.5) is 0 Å². The van der Waals surface area contributed by atoms with Gasteiger partial charge in [-0.1, -0.05) is 0 Å². The highest BCUT2D eigenvalue weighted by Crippen LogP contribution is 2.33. The summed E-state index contributed by atoms with van der Waals surface area (Å²) >= 11 is 0. The first-order valence-electron chi connectivity index (χ1n) is 9.83. The lowest BCUT2D eigenvalue weighted by atomic mass is 9.92. The summed E-state index contributed by atoms with van der Waals surface area (Å²) in [6.07, 6.45) is 6.48. The van der Waals surface area contributed by atoms with E-state index in [2.05, 4.69) is 9.80 Å². The van der Waals surface area contributed by atoms with Crippen LogP contribution >= 0.6 is 0 Å². The second kappa shape index (κ2) is 9.16. The lowest BCUT2D eigenvalue weighted by molar-refractivity contribution is -0.132. The molecule has 0 radical (unpaired) electrons. The number of rotatable bonds is 6. The maximum atomic E-state index is 12.6. The van der Waals surface area contributed by atoms with Gasteiger partial charge in [0.2, 0.25) is 5.91 Å². The molecule has 0 bridgehead atoms. The third-order valence-corrected chi connectivity index (χ3v) is 6.19. The van der Waals surface area contributed by atoms with Crippen molar-refractivity contribution >= 4 is 5.91 Å². The molecule has 1 amide bonds. The Labute approximate surface area is 146 Å². The first-order valence-corrected chi connectivity index (χ1v) is 9.83. The van der Waals surface area contributed by atoms with Gasteiger partial charge in [0, 0.05) is 53.0 Å². The van der Waals surface area contributed by atoms with Crippen LogP contribution in [-0.4, -0.2) is 75.4 Å². The monoisotopic (exact) mass is 338 g/mol. The molecule has 5 nitrogen and oxygen atoms in total. The van der Waals surface area contributed by atoms with E-state index in [9.17, 15) is 4.79 Å². The number of methoxy groups -OCH3 is 1. The predicted octanol–water partition coefficient (Wildman–Crippen LogP) is 2.01. The first-order chi connectivity index (χ1) is 11.8. The molecule has 0 N–H and O–H groups in total. The number of hydrogen-bond acceptors (Lipinski definition) is 4. The molecule has 3 rings (SSSR count). The Hall–Kier alpha value is -0.650. The van der Waals surface area contributed by atoms with E-state index >= 15 is 0 Å². The molecule has 138 valence electrons. The number of carbonyl (C=O) groups excluding carboxylic acids is 1. The summed E-state index contributed by atoms with van der Waals surface area (Å²) in [4.78, 5) is 17.4. The molecule has 0 spiro atoms. The summed E-state index contributed by atoms with van der Waals surface area (Å²) in [7, 11) is 1.78. The van der Waals surface area contributed by atoms with Gasteiger partial charge in [0.15, 0.2) is 0 Å². The van der Waals surface area contributed by atoms with E-state index < -0.39 is 0 Å². The zero-order chi connectivity index (χ0) is 16.8. The fraction of sp³-hybridized carbons (Fsp3) is 0.947. The fourth-order valence-electron chi connectivity index (χ4n) is 4.59. The van der Waals surface area contributed by atoms with Crippen LogP contribution in [0.5, 0.6) is 0 Å². The smallest absolute Gasteiger partial charge is 0.222 e. The maximum Gasteiger partial charge on any atom is 0.222 e. The van der Waals surface area contributed by atoms with Crippen molar-refractivity contribution in [2.24, 2.45) is 17.8 Å². The Kier molecular flexibility index (Phi) is 6.93. The Bertz CT molecular complexity index is 382. The van der Waals surface area contributed by atoms with Gasteiger partial charge >= 0.3 is 0 Å². The minimum atomic E-state index is 0.395. The van der Waals surface area contributed by atoms with E-state index in [-0.39, 0.29) is 0 Å². The van der Waals surface area contributed by atoms with Gasteiger partial charge in [-0.3, -0.25) is 4.79 Å². The molecular weight excluding hydrogens is 304 g/mol.